The van der Waals surface area contributed by atoms with Crippen molar-refractivity contribution < 1.29 is 30.8 Å². The van der Waals surface area contributed by atoms with Crippen LogP contribution >= 0.6 is 11.6 Å². The Morgan fingerprint density at radius 1 is 1.14 bits per heavy atom. The lowest BCUT2D eigenvalue weighted by Gasteiger charge is -2.33. The summed E-state index contributed by atoms with van der Waals surface area (Å²) in [4.78, 5) is 14.6. The van der Waals surface area contributed by atoms with Gasteiger partial charge in [0.05, 0.1) is 16.7 Å². The number of hydrogen-bond donors (Lipinski definition) is 1. The number of rotatable bonds is 8. The van der Waals surface area contributed by atoms with Gasteiger partial charge in [-0.1, -0.05) is 17.7 Å². The summed E-state index contributed by atoms with van der Waals surface area (Å²) < 4.78 is 69.2. The molecule has 196 valence electrons. The van der Waals surface area contributed by atoms with Gasteiger partial charge in [-0.2, -0.15) is 0 Å². The summed E-state index contributed by atoms with van der Waals surface area (Å²) in [7, 11) is -7.17. The van der Waals surface area contributed by atoms with Gasteiger partial charge in [-0.3, -0.25) is 9.69 Å². The van der Waals surface area contributed by atoms with Crippen molar-refractivity contribution in [3.8, 4) is 5.75 Å². The molecule has 8 nitrogen and oxygen atoms in total. The predicted molar refractivity (Wildman–Crippen MR) is 134 cm³/mol. The lowest BCUT2D eigenvalue weighted by Crippen LogP contribution is -2.40. The Morgan fingerprint density at radius 3 is 2.47 bits per heavy atom. The van der Waals surface area contributed by atoms with E-state index in [1.54, 1.807) is 12.1 Å². The van der Waals surface area contributed by atoms with E-state index in [4.69, 9.17) is 16.3 Å². The SMILES string of the molecule is CS(=O)(=O)NC(=O)c1cc(C2CC2)c(OC2CCCN(Cc3ccc(S(C)(=O)=O)cc3Cl)C2)cc1F. The van der Waals surface area contributed by atoms with Crippen LogP contribution in [0.4, 0.5) is 4.39 Å². The minimum atomic E-state index is -3.83. The molecule has 1 amide bonds. The molecule has 2 aromatic carbocycles. The standard InChI is InChI=1S/C24H28ClFN2O6S2/c1-35(30,31)18-8-7-16(21(25)10-18)13-28-9-3-4-17(14-28)34-23-12-22(26)20(11-19(23)15-5-6-15)24(29)27-36(2,32)33/h7-8,10-12,15,17H,3-6,9,13-14H2,1-2H3,(H,27,29). The third kappa shape index (κ3) is 6.76. The number of likely N-dealkylation sites (tertiary alicyclic amines) is 1. The number of piperidine rings is 1. The molecule has 1 unspecified atom stereocenters. The highest BCUT2D eigenvalue weighted by Crippen LogP contribution is 2.45. The minimum absolute atomic E-state index is 0.136. The fourth-order valence-corrected chi connectivity index (χ4v) is 5.74. The van der Waals surface area contributed by atoms with E-state index >= 15 is 0 Å². The number of nitrogens with one attached hydrogen (secondary N) is 1. The lowest BCUT2D eigenvalue weighted by molar-refractivity contribution is 0.0832. The molecular weight excluding hydrogens is 531 g/mol. The molecule has 4 rings (SSSR count). The highest BCUT2D eigenvalue weighted by Gasteiger charge is 2.31. The maximum atomic E-state index is 14.8. The van der Waals surface area contributed by atoms with Crippen molar-refractivity contribution in [2.75, 3.05) is 25.6 Å². The molecule has 1 saturated carbocycles. The van der Waals surface area contributed by atoms with Gasteiger partial charge in [-0.25, -0.2) is 25.9 Å². The van der Waals surface area contributed by atoms with Gasteiger partial charge in [0, 0.05) is 30.4 Å². The normalized spacial score (nSPS) is 19.2. The number of carbonyl (C=O) groups excluding carboxylic acids is 1. The van der Waals surface area contributed by atoms with Gasteiger partial charge in [0.25, 0.3) is 5.91 Å². The molecule has 1 aliphatic carbocycles. The first-order chi connectivity index (χ1) is 16.8. The number of sulfone groups is 1. The van der Waals surface area contributed by atoms with Gasteiger partial charge in [-0.05, 0) is 67.5 Å². The number of benzene rings is 2. The second-order valence-electron chi connectivity index (χ2n) is 9.49. The fourth-order valence-electron chi connectivity index (χ4n) is 4.34. The number of sulfonamides is 1. The largest absolute Gasteiger partial charge is 0.489 e. The van der Waals surface area contributed by atoms with E-state index < -0.39 is 31.6 Å². The summed E-state index contributed by atoms with van der Waals surface area (Å²) in [6.07, 6.45) is 5.12. The van der Waals surface area contributed by atoms with Crippen molar-refractivity contribution in [2.45, 2.75) is 49.1 Å². The third-order valence-corrected chi connectivity index (χ3v) is 8.26. The Labute approximate surface area is 215 Å². The highest BCUT2D eigenvalue weighted by molar-refractivity contribution is 7.90. The van der Waals surface area contributed by atoms with Crippen molar-refractivity contribution in [1.82, 2.24) is 9.62 Å². The van der Waals surface area contributed by atoms with Crippen LogP contribution in [0.15, 0.2) is 35.2 Å². The number of carbonyl (C=O) groups is 1. The Morgan fingerprint density at radius 2 is 1.86 bits per heavy atom. The van der Waals surface area contributed by atoms with Gasteiger partial charge in [-0.15, -0.1) is 0 Å². The molecule has 0 aromatic heterocycles. The molecule has 2 aliphatic rings. The van der Waals surface area contributed by atoms with E-state index in [9.17, 15) is 26.0 Å². The monoisotopic (exact) mass is 558 g/mol. The van der Waals surface area contributed by atoms with Crippen LogP contribution in [-0.2, 0) is 26.4 Å². The minimum Gasteiger partial charge on any atom is -0.489 e. The molecule has 36 heavy (non-hydrogen) atoms. The first kappa shape index (κ1) is 26.8. The van der Waals surface area contributed by atoms with E-state index in [0.29, 0.717) is 29.4 Å². The van der Waals surface area contributed by atoms with Crippen LogP contribution in [0.25, 0.3) is 0 Å². The summed E-state index contributed by atoms with van der Waals surface area (Å²) in [6.45, 7) is 1.88. The Hall–Kier alpha value is -2.21. The fraction of sp³-hybridized carbons (Fsp3) is 0.458. The van der Waals surface area contributed by atoms with E-state index in [0.717, 1.165) is 50.3 Å². The number of amides is 1. The predicted octanol–water partition coefficient (Wildman–Crippen LogP) is 3.49. The number of halogens is 2. The van der Waals surface area contributed by atoms with E-state index in [2.05, 4.69) is 4.90 Å². The van der Waals surface area contributed by atoms with Crippen molar-refractivity contribution in [3.63, 3.8) is 0 Å². The molecule has 0 radical (unpaired) electrons. The molecule has 1 saturated heterocycles. The quantitative estimate of drug-likeness (QED) is 0.528. The highest BCUT2D eigenvalue weighted by atomic mass is 35.5. The third-order valence-electron chi connectivity index (χ3n) is 6.24. The molecule has 0 spiro atoms. The van der Waals surface area contributed by atoms with Gasteiger partial charge in [0.15, 0.2) is 9.84 Å². The van der Waals surface area contributed by atoms with E-state index in [1.165, 1.54) is 18.2 Å². The number of ether oxygens (including phenoxy) is 1. The summed E-state index contributed by atoms with van der Waals surface area (Å²) >= 11 is 6.35. The second-order valence-corrected chi connectivity index (χ2v) is 13.7. The van der Waals surface area contributed by atoms with Gasteiger partial charge < -0.3 is 4.74 Å². The van der Waals surface area contributed by atoms with Crippen LogP contribution in [0.1, 0.15) is 53.1 Å². The average molecular weight is 559 g/mol. The Kier molecular flexibility index (Phi) is 7.66. The summed E-state index contributed by atoms with van der Waals surface area (Å²) in [5.74, 6) is -1.35. The van der Waals surface area contributed by atoms with Gasteiger partial charge >= 0.3 is 0 Å². The summed E-state index contributed by atoms with van der Waals surface area (Å²) in [6, 6.07) is 7.28. The lowest BCUT2D eigenvalue weighted by atomic mass is 10.0. The Bertz CT molecular complexity index is 1390. The first-order valence-electron chi connectivity index (χ1n) is 11.5. The molecule has 2 fully saturated rings. The number of hydrogen-bond acceptors (Lipinski definition) is 7. The molecule has 1 atom stereocenters. The van der Waals surface area contributed by atoms with Crippen LogP contribution < -0.4 is 9.46 Å². The maximum absolute atomic E-state index is 14.8. The average Bonchev–Trinajstić information content (AvgIpc) is 3.59. The number of nitrogens with zero attached hydrogens (tertiary/aromatic N) is 1. The van der Waals surface area contributed by atoms with Gasteiger partial charge in [0.1, 0.15) is 17.7 Å². The molecule has 12 heteroatoms. The van der Waals surface area contributed by atoms with Crippen LogP contribution in [-0.4, -0.2) is 59.3 Å². The van der Waals surface area contributed by atoms with Crippen LogP contribution in [0, 0.1) is 5.82 Å². The molecular formula is C24H28ClFN2O6S2. The zero-order chi connectivity index (χ0) is 26.3. The van der Waals surface area contributed by atoms with Crippen molar-refractivity contribution in [3.05, 3.63) is 57.9 Å². The molecule has 1 N–H and O–H groups in total. The molecule has 1 aliphatic heterocycles. The zero-order valence-electron chi connectivity index (χ0n) is 20.0. The molecule has 0 bridgehead atoms. The van der Waals surface area contributed by atoms with E-state index in [-0.39, 0.29) is 22.5 Å². The second kappa shape index (κ2) is 10.3. The Balaban J connectivity index is 1.49. The first-order valence-corrected chi connectivity index (χ1v) is 15.7. The smallest absolute Gasteiger partial charge is 0.267 e. The maximum Gasteiger partial charge on any atom is 0.267 e. The van der Waals surface area contributed by atoms with Crippen LogP contribution in [0.5, 0.6) is 5.75 Å². The van der Waals surface area contributed by atoms with Crippen molar-refractivity contribution in [2.24, 2.45) is 0 Å². The van der Waals surface area contributed by atoms with Crippen molar-refractivity contribution in [1.29, 1.82) is 0 Å². The van der Waals surface area contributed by atoms with Gasteiger partial charge in [0.2, 0.25) is 10.0 Å². The van der Waals surface area contributed by atoms with Crippen molar-refractivity contribution >= 4 is 37.4 Å². The summed E-state index contributed by atoms with van der Waals surface area (Å²) in [5, 5.41) is 0.377. The zero-order valence-corrected chi connectivity index (χ0v) is 22.3. The van der Waals surface area contributed by atoms with Crippen LogP contribution in [0.3, 0.4) is 0 Å². The summed E-state index contributed by atoms with van der Waals surface area (Å²) in [5.41, 5.74) is 1.18. The molecule has 2 aromatic rings. The molecule has 1 heterocycles. The van der Waals surface area contributed by atoms with Crippen LogP contribution in [0.2, 0.25) is 5.02 Å². The van der Waals surface area contributed by atoms with E-state index in [1.807, 2.05) is 4.72 Å². The topological polar surface area (TPSA) is 110 Å².